The molecule has 1 atom stereocenters. The van der Waals surface area contributed by atoms with E-state index in [1.807, 2.05) is 19.1 Å². The van der Waals surface area contributed by atoms with E-state index in [0.717, 1.165) is 11.1 Å². The zero-order valence-corrected chi connectivity index (χ0v) is 10.8. The summed E-state index contributed by atoms with van der Waals surface area (Å²) < 4.78 is 1.22. The Kier molecular flexibility index (Phi) is 2.81. The van der Waals surface area contributed by atoms with E-state index in [1.165, 1.54) is 10.1 Å². The van der Waals surface area contributed by atoms with E-state index in [2.05, 4.69) is 27.5 Å². The molecule has 0 aliphatic rings. The molecule has 1 unspecified atom stereocenters. The second kappa shape index (κ2) is 4.48. The topological polar surface area (TPSA) is 51.8 Å². The summed E-state index contributed by atoms with van der Waals surface area (Å²) in [5.74, 6) is 0.668. The van der Waals surface area contributed by atoms with Crippen molar-refractivity contribution in [1.82, 2.24) is 9.97 Å². The summed E-state index contributed by atoms with van der Waals surface area (Å²) in [4.78, 5) is 8.63. The molecule has 2 N–H and O–H groups in total. The maximum Gasteiger partial charge on any atom is 0.149 e. The number of thiophene rings is 1. The fourth-order valence-electron chi connectivity index (χ4n) is 1.96. The van der Waals surface area contributed by atoms with Gasteiger partial charge in [0.05, 0.1) is 6.04 Å². The zero-order valence-electron chi connectivity index (χ0n) is 10.00. The van der Waals surface area contributed by atoms with Gasteiger partial charge in [0.2, 0.25) is 0 Å². The Labute approximate surface area is 109 Å². The molecule has 0 bridgehead atoms. The van der Waals surface area contributed by atoms with Crippen LogP contribution in [0.15, 0.2) is 42.0 Å². The molecule has 90 valence electrons. The molecular formula is C14H13N3S. The van der Waals surface area contributed by atoms with Crippen molar-refractivity contribution in [3.63, 3.8) is 0 Å². The molecular weight excluding hydrogens is 242 g/mol. The molecule has 2 heterocycles. The van der Waals surface area contributed by atoms with Crippen molar-refractivity contribution in [1.29, 1.82) is 0 Å². The molecule has 0 aliphatic carbocycles. The Balaban J connectivity index is 2.08. The minimum atomic E-state index is -0.270. The number of hydrogen-bond acceptors (Lipinski definition) is 4. The molecule has 4 heteroatoms. The van der Waals surface area contributed by atoms with Crippen LogP contribution in [0.1, 0.15) is 23.0 Å². The van der Waals surface area contributed by atoms with Crippen molar-refractivity contribution in [3.05, 3.63) is 59.0 Å². The van der Waals surface area contributed by atoms with Crippen LogP contribution < -0.4 is 5.73 Å². The van der Waals surface area contributed by atoms with Crippen LogP contribution >= 0.6 is 11.3 Å². The van der Waals surface area contributed by atoms with Gasteiger partial charge in [0.25, 0.3) is 0 Å². The molecule has 0 fully saturated rings. The lowest BCUT2D eigenvalue weighted by Crippen LogP contribution is -2.15. The summed E-state index contributed by atoms with van der Waals surface area (Å²) >= 11 is 1.70. The number of aromatic nitrogens is 2. The molecule has 0 radical (unpaired) electrons. The van der Waals surface area contributed by atoms with Crippen molar-refractivity contribution in [2.45, 2.75) is 13.0 Å². The molecule has 18 heavy (non-hydrogen) atoms. The predicted molar refractivity (Wildman–Crippen MR) is 74.6 cm³/mol. The first kappa shape index (κ1) is 11.3. The lowest BCUT2D eigenvalue weighted by atomic mass is 10.1. The normalized spacial score (nSPS) is 12.8. The number of nitrogens with zero attached hydrogens (tertiary/aromatic N) is 2. The highest BCUT2D eigenvalue weighted by Crippen LogP contribution is 2.29. The van der Waals surface area contributed by atoms with Gasteiger partial charge in [0, 0.05) is 17.1 Å². The van der Waals surface area contributed by atoms with Gasteiger partial charge >= 0.3 is 0 Å². The Morgan fingerprint density at radius 1 is 1.17 bits per heavy atom. The summed E-state index contributed by atoms with van der Waals surface area (Å²) in [5.41, 5.74) is 8.40. The molecule has 2 aromatic heterocycles. The Hall–Kier alpha value is -1.78. The van der Waals surface area contributed by atoms with Crippen LogP contribution in [0.4, 0.5) is 0 Å². The molecule has 3 nitrogen and oxygen atoms in total. The largest absolute Gasteiger partial charge is 0.318 e. The number of aryl methyl sites for hydroxylation is 1. The average Bonchev–Trinajstić information content (AvgIpc) is 2.87. The summed E-state index contributed by atoms with van der Waals surface area (Å²) in [7, 11) is 0. The number of benzene rings is 1. The van der Waals surface area contributed by atoms with E-state index in [4.69, 9.17) is 5.73 Å². The first-order chi connectivity index (χ1) is 8.75. The van der Waals surface area contributed by atoms with Crippen LogP contribution in [-0.2, 0) is 0 Å². The fraction of sp³-hybridized carbons (Fsp3) is 0.143. The Bertz CT molecular complexity index is 673. The van der Waals surface area contributed by atoms with Gasteiger partial charge in [-0.25, -0.2) is 9.97 Å². The highest BCUT2D eigenvalue weighted by Gasteiger charge is 2.15. The van der Waals surface area contributed by atoms with Gasteiger partial charge in [-0.3, -0.25) is 0 Å². The number of hydrogen-bond donors (Lipinski definition) is 1. The lowest BCUT2D eigenvalue weighted by molar-refractivity contribution is 0.784. The average molecular weight is 255 g/mol. The van der Waals surface area contributed by atoms with Crippen molar-refractivity contribution in [2.75, 3.05) is 0 Å². The molecule has 1 aromatic carbocycles. The van der Waals surface area contributed by atoms with Crippen LogP contribution in [0, 0.1) is 6.92 Å². The third-order valence-corrected chi connectivity index (χ3v) is 3.90. The SMILES string of the molecule is Cc1cnc(C(N)c2cccc3ccsc23)nc1. The van der Waals surface area contributed by atoms with Gasteiger partial charge < -0.3 is 5.73 Å². The molecule has 0 spiro atoms. The van der Waals surface area contributed by atoms with Crippen LogP contribution in [0.5, 0.6) is 0 Å². The maximum absolute atomic E-state index is 6.27. The second-order valence-corrected chi connectivity index (χ2v) is 5.20. The van der Waals surface area contributed by atoms with E-state index in [1.54, 1.807) is 23.7 Å². The van der Waals surface area contributed by atoms with Crippen LogP contribution in [0.2, 0.25) is 0 Å². The maximum atomic E-state index is 6.27. The van der Waals surface area contributed by atoms with E-state index in [9.17, 15) is 0 Å². The van der Waals surface area contributed by atoms with Gasteiger partial charge in [-0.2, -0.15) is 0 Å². The second-order valence-electron chi connectivity index (χ2n) is 4.28. The predicted octanol–water partition coefficient (Wildman–Crippen LogP) is 3.05. The third-order valence-electron chi connectivity index (χ3n) is 2.92. The minimum absolute atomic E-state index is 0.270. The third kappa shape index (κ3) is 1.89. The summed E-state index contributed by atoms with van der Waals surface area (Å²) in [6.07, 6.45) is 3.60. The van der Waals surface area contributed by atoms with Gasteiger partial charge in [0.15, 0.2) is 0 Å². The zero-order chi connectivity index (χ0) is 12.5. The highest BCUT2D eigenvalue weighted by molar-refractivity contribution is 7.17. The van der Waals surface area contributed by atoms with Gasteiger partial charge in [-0.1, -0.05) is 18.2 Å². The Morgan fingerprint density at radius 2 is 1.94 bits per heavy atom. The van der Waals surface area contributed by atoms with E-state index >= 15 is 0 Å². The summed E-state index contributed by atoms with van der Waals surface area (Å²) in [5, 5.41) is 3.30. The van der Waals surface area contributed by atoms with E-state index < -0.39 is 0 Å². The van der Waals surface area contributed by atoms with Crippen molar-refractivity contribution in [3.8, 4) is 0 Å². The van der Waals surface area contributed by atoms with E-state index in [-0.39, 0.29) is 6.04 Å². The molecule has 3 aromatic rings. The van der Waals surface area contributed by atoms with Gasteiger partial charge in [-0.05, 0) is 34.9 Å². The molecule has 0 saturated heterocycles. The van der Waals surface area contributed by atoms with Crippen molar-refractivity contribution < 1.29 is 0 Å². The number of fused-ring (bicyclic) bond motifs is 1. The Morgan fingerprint density at radius 3 is 2.72 bits per heavy atom. The quantitative estimate of drug-likeness (QED) is 0.765. The fourth-order valence-corrected chi connectivity index (χ4v) is 2.92. The monoisotopic (exact) mass is 255 g/mol. The first-order valence-corrected chi connectivity index (χ1v) is 6.64. The molecule has 0 aliphatic heterocycles. The van der Waals surface area contributed by atoms with Crippen LogP contribution in [0.3, 0.4) is 0 Å². The molecule has 0 amide bonds. The number of rotatable bonds is 2. The first-order valence-electron chi connectivity index (χ1n) is 5.76. The van der Waals surface area contributed by atoms with E-state index in [0.29, 0.717) is 5.82 Å². The van der Waals surface area contributed by atoms with Crippen molar-refractivity contribution in [2.24, 2.45) is 5.73 Å². The smallest absolute Gasteiger partial charge is 0.149 e. The van der Waals surface area contributed by atoms with Gasteiger partial charge in [0.1, 0.15) is 5.82 Å². The summed E-state index contributed by atoms with van der Waals surface area (Å²) in [6.45, 7) is 1.97. The lowest BCUT2D eigenvalue weighted by Gasteiger charge is -2.11. The van der Waals surface area contributed by atoms with Crippen LogP contribution in [0.25, 0.3) is 10.1 Å². The number of nitrogens with two attached hydrogens (primary N) is 1. The molecule has 0 saturated carbocycles. The summed E-state index contributed by atoms with van der Waals surface area (Å²) in [6, 6.07) is 8.00. The van der Waals surface area contributed by atoms with Crippen molar-refractivity contribution >= 4 is 21.4 Å². The highest BCUT2D eigenvalue weighted by atomic mass is 32.1. The minimum Gasteiger partial charge on any atom is -0.318 e. The molecule has 3 rings (SSSR count). The van der Waals surface area contributed by atoms with Crippen LogP contribution in [-0.4, -0.2) is 9.97 Å². The standard InChI is InChI=1S/C14H13N3S/c1-9-7-16-14(17-8-9)12(15)11-4-2-3-10-5-6-18-13(10)11/h2-8,12H,15H2,1H3. The van der Waals surface area contributed by atoms with Gasteiger partial charge in [-0.15, -0.1) is 11.3 Å².